The number of hydrogen-bond acceptors (Lipinski definition) is 1. The van der Waals surface area contributed by atoms with E-state index in [2.05, 4.69) is 42.8 Å². The van der Waals surface area contributed by atoms with E-state index in [0.717, 1.165) is 29.5 Å². The van der Waals surface area contributed by atoms with Gasteiger partial charge >= 0.3 is 5.97 Å². The average molecular weight is 356 g/mol. The SMILES string of the molecule is CCc1cccc2c(C(CC(=O)O)c3ccc(Cl)cc3)cn(CC)c12. The van der Waals surface area contributed by atoms with E-state index < -0.39 is 5.97 Å². The van der Waals surface area contributed by atoms with Gasteiger partial charge in [0.05, 0.1) is 11.9 Å². The Morgan fingerprint density at radius 3 is 2.48 bits per heavy atom. The van der Waals surface area contributed by atoms with Crippen molar-refractivity contribution in [1.29, 1.82) is 0 Å². The second-order valence-electron chi connectivity index (χ2n) is 6.24. The van der Waals surface area contributed by atoms with E-state index in [0.29, 0.717) is 5.02 Å². The molecule has 0 saturated carbocycles. The normalized spacial score (nSPS) is 12.4. The first-order valence-electron chi connectivity index (χ1n) is 8.63. The maximum atomic E-state index is 11.5. The molecule has 1 atom stereocenters. The zero-order valence-electron chi connectivity index (χ0n) is 14.5. The summed E-state index contributed by atoms with van der Waals surface area (Å²) in [5.41, 5.74) is 4.54. The molecule has 0 aliphatic rings. The predicted octanol–water partition coefficient (Wildman–Crippen LogP) is 5.48. The molecule has 0 bridgehead atoms. The maximum Gasteiger partial charge on any atom is 0.304 e. The molecule has 0 spiro atoms. The minimum Gasteiger partial charge on any atom is -0.481 e. The molecule has 3 rings (SSSR count). The highest BCUT2D eigenvalue weighted by Gasteiger charge is 2.23. The number of carbonyl (C=O) groups is 1. The number of fused-ring (bicyclic) bond motifs is 1. The molecule has 0 fully saturated rings. The van der Waals surface area contributed by atoms with Crippen molar-refractivity contribution < 1.29 is 9.90 Å². The standard InChI is InChI=1S/C21H22ClNO2/c1-3-14-6-5-7-17-19(13-23(4-2)21(14)17)18(12-20(24)25)15-8-10-16(22)11-9-15/h5-11,13,18H,3-4,12H2,1-2H3,(H,24,25). The fourth-order valence-corrected chi connectivity index (χ4v) is 3.68. The number of carboxylic acid groups (broad SMARTS) is 1. The predicted molar refractivity (Wildman–Crippen MR) is 103 cm³/mol. The van der Waals surface area contributed by atoms with Crippen LogP contribution in [0.4, 0.5) is 0 Å². The third-order valence-corrected chi connectivity index (χ3v) is 5.01. The second kappa shape index (κ2) is 7.32. The van der Waals surface area contributed by atoms with Gasteiger partial charge in [-0.15, -0.1) is 0 Å². The Kier molecular flexibility index (Phi) is 5.14. The van der Waals surface area contributed by atoms with Gasteiger partial charge in [0.15, 0.2) is 0 Å². The molecular formula is C21H22ClNO2. The molecule has 0 aliphatic heterocycles. The second-order valence-corrected chi connectivity index (χ2v) is 6.68. The van der Waals surface area contributed by atoms with Crippen molar-refractivity contribution in [2.45, 2.75) is 39.2 Å². The van der Waals surface area contributed by atoms with E-state index in [1.165, 1.54) is 11.1 Å². The number of halogens is 1. The number of carboxylic acids is 1. The zero-order chi connectivity index (χ0) is 18.0. The summed E-state index contributed by atoms with van der Waals surface area (Å²) >= 11 is 6.01. The summed E-state index contributed by atoms with van der Waals surface area (Å²) in [4.78, 5) is 11.5. The van der Waals surface area contributed by atoms with Crippen LogP contribution >= 0.6 is 11.6 Å². The van der Waals surface area contributed by atoms with Gasteiger partial charge in [-0.25, -0.2) is 0 Å². The Morgan fingerprint density at radius 1 is 1.16 bits per heavy atom. The molecule has 0 saturated heterocycles. The first-order chi connectivity index (χ1) is 12.0. The van der Waals surface area contributed by atoms with Crippen molar-refractivity contribution in [2.24, 2.45) is 0 Å². The molecule has 0 amide bonds. The lowest BCUT2D eigenvalue weighted by Crippen LogP contribution is -2.07. The molecule has 2 aromatic carbocycles. The van der Waals surface area contributed by atoms with Gasteiger partial charge in [-0.2, -0.15) is 0 Å². The lowest BCUT2D eigenvalue weighted by Gasteiger charge is -2.15. The molecule has 3 aromatic rings. The molecular weight excluding hydrogens is 334 g/mol. The van der Waals surface area contributed by atoms with Crippen LogP contribution in [0.2, 0.25) is 5.02 Å². The highest BCUT2D eigenvalue weighted by molar-refractivity contribution is 6.30. The van der Waals surface area contributed by atoms with Crippen molar-refractivity contribution in [2.75, 3.05) is 0 Å². The molecule has 1 heterocycles. The minimum atomic E-state index is -0.802. The van der Waals surface area contributed by atoms with E-state index >= 15 is 0 Å². The first-order valence-corrected chi connectivity index (χ1v) is 9.00. The van der Waals surface area contributed by atoms with Gasteiger partial charge in [0.25, 0.3) is 0 Å². The number of hydrogen-bond donors (Lipinski definition) is 1. The van der Waals surface area contributed by atoms with Crippen LogP contribution in [0, 0.1) is 0 Å². The zero-order valence-corrected chi connectivity index (χ0v) is 15.3. The molecule has 130 valence electrons. The van der Waals surface area contributed by atoms with Crippen LogP contribution in [0.3, 0.4) is 0 Å². The van der Waals surface area contributed by atoms with Crippen molar-refractivity contribution in [3.8, 4) is 0 Å². The average Bonchev–Trinajstić information content (AvgIpc) is 2.99. The smallest absolute Gasteiger partial charge is 0.304 e. The van der Waals surface area contributed by atoms with Crippen LogP contribution in [-0.4, -0.2) is 15.6 Å². The summed E-state index contributed by atoms with van der Waals surface area (Å²) < 4.78 is 2.23. The van der Waals surface area contributed by atoms with Gasteiger partial charge in [0.1, 0.15) is 0 Å². The highest BCUT2D eigenvalue weighted by Crippen LogP contribution is 2.36. The molecule has 1 aromatic heterocycles. The topological polar surface area (TPSA) is 42.2 Å². The Balaban J connectivity index is 2.22. The number of para-hydroxylation sites is 1. The van der Waals surface area contributed by atoms with E-state index in [-0.39, 0.29) is 12.3 Å². The lowest BCUT2D eigenvalue weighted by atomic mass is 9.88. The van der Waals surface area contributed by atoms with Crippen molar-refractivity contribution in [3.05, 3.63) is 70.4 Å². The van der Waals surface area contributed by atoms with E-state index in [9.17, 15) is 9.90 Å². The third-order valence-electron chi connectivity index (χ3n) is 4.76. The summed E-state index contributed by atoms with van der Waals surface area (Å²) in [5.74, 6) is -0.999. The van der Waals surface area contributed by atoms with E-state index in [4.69, 9.17) is 11.6 Å². The van der Waals surface area contributed by atoms with Gasteiger partial charge in [-0.1, -0.05) is 48.9 Å². The maximum absolute atomic E-state index is 11.5. The van der Waals surface area contributed by atoms with Crippen LogP contribution in [0.25, 0.3) is 10.9 Å². The van der Waals surface area contributed by atoms with Crippen LogP contribution in [0.5, 0.6) is 0 Å². The van der Waals surface area contributed by atoms with Gasteiger partial charge in [-0.05, 0) is 42.2 Å². The van der Waals surface area contributed by atoms with Gasteiger partial charge in [0.2, 0.25) is 0 Å². The van der Waals surface area contributed by atoms with Crippen LogP contribution in [0.15, 0.2) is 48.7 Å². The Bertz CT molecular complexity index is 896. The molecule has 25 heavy (non-hydrogen) atoms. The number of aromatic nitrogens is 1. The van der Waals surface area contributed by atoms with Gasteiger partial charge in [0, 0.05) is 29.1 Å². The molecule has 1 unspecified atom stereocenters. The summed E-state index contributed by atoms with van der Waals surface area (Å²) in [6.45, 7) is 5.12. The molecule has 3 nitrogen and oxygen atoms in total. The highest BCUT2D eigenvalue weighted by atomic mass is 35.5. The monoisotopic (exact) mass is 355 g/mol. The van der Waals surface area contributed by atoms with Crippen LogP contribution in [-0.2, 0) is 17.8 Å². The number of nitrogens with zero attached hydrogens (tertiary/aromatic N) is 1. The van der Waals surface area contributed by atoms with Crippen molar-refractivity contribution in [1.82, 2.24) is 4.57 Å². The summed E-state index contributed by atoms with van der Waals surface area (Å²) in [5, 5.41) is 11.3. The Morgan fingerprint density at radius 2 is 1.88 bits per heavy atom. The number of aryl methyl sites for hydroxylation is 2. The quantitative estimate of drug-likeness (QED) is 0.635. The van der Waals surface area contributed by atoms with Gasteiger partial charge in [-0.3, -0.25) is 4.79 Å². The summed E-state index contributed by atoms with van der Waals surface area (Å²) in [6.07, 6.45) is 3.12. The first kappa shape index (κ1) is 17.6. The largest absolute Gasteiger partial charge is 0.481 e. The molecule has 1 N–H and O–H groups in total. The molecule has 4 heteroatoms. The third kappa shape index (κ3) is 3.42. The Labute approximate surface area is 152 Å². The number of rotatable bonds is 6. The minimum absolute atomic E-state index is 0.0564. The van der Waals surface area contributed by atoms with Crippen molar-refractivity contribution in [3.63, 3.8) is 0 Å². The van der Waals surface area contributed by atoms with E-state index in [1.807, 2.05) is 24.3 Å². The fourth-order valence-electron chi connectivity index (χ4n) is 3.55. The fraction of sp³-hybridized carbons (Fsp3) is 0.286. The summed E-state index contributed by atoms with van der Waals surface area (Å²) in [6, 6.07) is 13.8. The van der Waals surface area contributed by atoms with E-state index in [1.54, 1.807) is 0 Å². The molecule has 0 aliphatic carbocycles. The van der Waals surface area contributed by atoms with Gasteiger partial charge < -0.3 is 9.67 Å². The number of benzene rings is 2. The van der Waals surface area contributed by atoms with Crippen molar-refractivity contribution >= 4 is 28.5 Å². The van der Waals surface area contributed by atoms with Crippen LogP contribution < -0.4 is 0 Å². The molecule has 0 radical (unpaired) electrons. The summed E-state index contributed by atoms with van der Waals surface area (Å²) in [7, 11) is 0. The lowest BCUT2D eigenvalue weighted by molar-refractivity contribution is -0.137. The Hall–Kier alpha value is -2.26. The van der Waals surface area contributed by atoms with Crippen LogP contribution in [0.1, 0.15) is 42.9 Å². The number of aliphatic carboxylic acids is 1.